The minimum atomic E-state index is -4.60. The summed E-state index contributed by atoms with van der Waals surface area (Å²) < 4.78 is 41.7. The lowest BCUT2D eigenvalue weighted by Gasteiger charge is -2.14. The van der Waals surface area contributed by atoms with E-state index in [0.717, 1.165) is 16.7 Å². The van der Waals surface area contributed by atoms with E-state index in [4.69, 9.17) is 5.73 Å². The Balaban J connectivity index is 1.89. The average molecular weight is 517 g/mol. The average Bonchev–Trinajstić information content (AvgIpc) is 3.33. The number of carbonyl (C=O) groups excluding carboxylic acids is 1. The minimum Gasteiger partial charge on any atom is -0.346 e. The predicted molar refractivity (Wildman–Crippen MR) is 134 cm³/mol. The standard InChI is InChI=1S/C24H23F3N6O2S/c1-3-29-23(35)32-20-9-15(22-31-19(12-36-22)24(25,26)27)17(10-30-20)14-4-5-18-16(8-14)21(34)13(2)11-33(18)7-6-28/h4-5,8-12H,3,6-7,28H2,1-2H3,(H2,29,30,32,35). The van der Waals surface area contributed by atoms with E-state index in [-0.39, 0.29) is 16.3 Å². The summed E-state index contributed by atoms with van der Waals surface area (Å²) in [5.74, 6) is 0.144. The number of anilines is 1. The van der Waals surface area contributed by atoms with E-state index < -0.39 is 17.9 Å². The van der Waals surface area contributed by atoms with Crippen molar-refractivity contribution >= 4 is 34.1 Å². The van der Waals surface area contributed by atoms with Crippen LogP contribution < -0.4 is 21.8 Å². The van der Waals surface area contributed by atoms with Crippen molar-refractivity contribution in [2.75, 3.05) is 18.4 Å². The summed E-state index contributed by atoms with van der Waals surface area (Å²) in [5, 5.41) is 6.62. The molecule has 8 nitrogen and oxygen atoms in total. The van der Waals surface area contributed by atoms with Gasteiger partial charge in [0.2, 0.25) is 0 Å². The summed E-state index contributed by atoms with van der Waals surface area (Å²) in [6.07, 6.45) is -1.40. The van der Waals surface area contributed by atoms with Crippen molar-refractivity contribution in [3.8, 4) is 21.7 Å². The van der Waals surface area contributed by atoms with Gasteiger partial charge in [-0.1, -0.05) is 6.07 Å². The number of hydrogen-bond donors (Lipinski definition) is 3. The first kappa shape index (κ1) is 25.3. The Kier molecular flexibility index (Phi) is 7.09. The molecule has 4 rings (SSSR count). The zero-order chi connectivity index (χ0) is 26.0. The predicted octanol–water partition coefficient (Wildman–Crippen LogP) is 4.61. The maximum Gasteiger partial charge on any atom is 0.434 e. The highest BCUT2D eigenvalue weighted by atomic mass is 32.1. The molecule has 0 aliphatic heterocycles. The largest absolute Gasteiger partial charge is 0.434 e. The number of rotatable bonds is 6. The number of aryl methyl sites for hydroxylation is 1. The molecule has 3 heterocycles. The second-order valence-electron chi connectivity index (χ2n) is 7.99. The molecule has 0 unspecified atom stereocenters. The van der Waals surface area contributed by atoms with Gasteiger partial charge in [0.15, 0.2) is 11.1 Å². The first-order chi connectivity index (χ1) is 17.1. The number of benzene rings is 1. The number of halogens is 3. The minimum absolute atomic E-state index is 0.101. The molecule has 2 amide bonds. The van der Waals surface area contributed by atoms with Crippen LogP contribution in [0.4, 0.5) is 23.8 Å². The molecule has 0 saturated carbocycles. The van der Waals surface area contributed by atoms with Crippen molar-refractivity contribution in [3.63, 3.8) is 0 Å². The van der Waals surface area contributed by atoms with Gasteiger partial charge >= 0.3 is 12.2 Å². The Morgan fingerprint density at radius 3 is 2.67 bits per heavy atom. The van der Waals surface area contributed by atoms with E-state index in [0.29, 0.717) is 52.8 Å². The lowest BCUT2D eigenvalue weighted by molar-refractivity contribution is -0.140. The maximum atomic E-state index is 13.3. The van der Waals surface area contributed by atoms with Crippen LogP contribution in [0.3, 0.4) is 0 Å². The van der Waals surface area contributed by atoms with Gasteiger partial charge in [-0.25, -0.2) is 14.8 Å². The lowest BCUT2D eigenvalue weighted by Crippen LogP contribution is -2.28. The van der Waals surface area contributed by atoms with Gasteiger partial charge in [-0.05, 0) is 37.6 Å². The third-order valence-electron chi connectivity index (χ3n) is 5.45. The van der Waals surface area contributed by atoms with Crippen LogP contribution in [0.5, 0.6) is 0 Å². The summed E-state index contributed by atoms with van der Waals surface area (Å²) in [4.78, 5) is 33.0. The number of urea groups is 1. The molecule has 0 spiro atoms. The molecule has 0 aliphatic rings. The van der Waals surface area contributed by atoms with Crippen LogP contribution in [-0.4, -0.2) is 33.7 Å². The van der Waals surface area contributed by atoms with Crippen molar-refractivity contribution < 1.29 is 18.0 Å². The number of thiazole rings is 1. The molecule has 4 N–H and O–H groups in total. The quantitative estimate of drug-likeness (QED) is 0.346. The van der Waals surface area contributed by atoms with Gasteiger partial charge in [-0.15, -0.1) is 11.3 Å². The van der Waals surface area contributed by atoms with Crippen LogP contribution in [0.1, 0.15) is 18.2 Å². The maximum absolute atomic E-state index is 13.3. The second kappa shape index (κ2) is 10.1. The van der Waals surface area contributed by atoms with E-state index >= 15 is 0 Å². The summed E-state index contributed by atoms with van der Waals surface area (Å²) in [7, 11) is 0. The van der Waals surface area contributed by atoms with Gasteiger partial charge < -0.3 is 15.6 Å². The molecule has 12 heteroatoms. The van der Waals surface area contributed by atoms with Crippen LogP contribution >= 0.6 is 11.3 Å². The van der Waals surface area contributed by atoms with Gasteiger partial charge in [0, 0.05) is 59.5 Å². The van der Waals surface area contributed by atoms with Crippen LogP contribution in [0.25, 0.3) is 32.6 Å². The highest BCUT2D eigenvalue weighted by Gasteiger charge is 2.34. The first-order valence-electron chi connectivity index (χ1n) is 11.0. The summed E-state index contributed by atoms with van der Waals surface area (Å²) in [6, 6.07) is 6.19. The molecule has 0 saturated heterocycles. The van der Waals surface area contributed by atoms with Gasteiger partial charge in [0.25, 0.3) is 0 Å². The number of nitrogens with zero attached hydrogens (tertiary/aromatic N) is 3. The van der Waals surface area contributed by atoms with Crippen molar-refractivity contribution in [1.29, 1.82) is 0 Å². The fourth-order valence-corrected chi connectivity index (χ4v) is 4.67. The van der Waals surface area contributed by atoms with E-state index in [1.54, 1.807) is 38.2 Å². The number of carbonyl (C=O) groups is 1. The normalized spacial score (nSPS) is 11.6. The SMILES string of the molecule is CCNC(=O)Nc1cc(-c2nc(C(F)(F)F)cs2)c(-c2ccc3c(c2)c(=O)c(C)cn3CCN)cn1. The Hall–Kier alpha value is -3.77. The first-order valence-corrected chi connectivity index (χ1v) is 11.9. The van der Waals surface area contributed by atoms with Gasteiger partial charge in [0.1, 0.15) is 10.8 Å². The van der Waals surface area contributed by atoms with Gasteiger partial charge in [0.05, 0.1) is 5.52 Å². The Morgan fingerprint density at radius 2 is 2.00 bits per heavy atom. The summed E-state index contributed by atoms with van der Waals surface area (Å²) in [5.41, 5.74) is 7.16. The molecular weight excluding hydrogens is 493 g/mol. The second-order valence-corrected chi connectivity index (χ2v) is 8.85. The fourth-order valence-electron chi connectivity index (χ4n) is 3.81. The van der Waals surface area contributed by atoms with Crippen molar-refractivity contribution in [2.24, 2.45) is 5.73 Å². The van der Waals surface area contributed by atoms with E-state index in [1.807, 2.05) is 4.57 Å². The molecule has 1 aromatic carbocycles. The van der Waals surface area contributed by atoms with Crippen LogP contribution in [0, 0.1) is 6.92 Å². The number of fused-ring (bicyclic) bond motifs is 1. The number of alkyl halides is 3. The highest BCUT2D eigenvalue weighted by molar-refractivity contribution is 7.13. The number of nitrogens with one attached hydrogen (secondary N) is 2. The number of aromatic nitrogens is 3. The van der Waals surface area contributed by atoms with E-state index in [1.165, 1.54) is 12.3 Å². The third kappa shape index (κ3) is 5.09. The Morgan fingerprint density at radius 1 is 1.22 bits per heavy atom. The molecule has 0 aliphatic carbocycles. The topological polar surface area (TPSA) is 115 Å². The number of nitrogens with two attached hydrogens (primary N) is 1. The van der Waals surface area contributed by atoms with Crippen LogP contribution in [0.2, 0.25) is 0 Å². The molecule has 0 atom stereocenters. The molecule has 0 bridgehead atoms. The fraction of sp³-hybridized carbons (Fsp3) is 0.250. The van der Waals surface area contributed by atoms with Gasteiger partial charge in [-0.2, -0.15) is 13.2 Å². The van der Waals surface area contributed by atoms with Crippen LogP contribution in [-0.2, 0) is 12.7 Å². The number of amides is 2. The van der Waals surface area contributed by atoms with Gasteiger partial charge in [-0.3, -0.25) is 10.1 Å². The zero-order valence-corrected chi connectivity index (χ0v) is 20.3. The molecule has 36 heavy (non-hydrogen) atoms. The van der Waals surface area contributed by atoms with E-state index in [2.05, 4.69) is 20.6 Å². The summed E-state index contributed by atoms with van der Waals surface area (Å²) >= 11 is 0.828. The molecule has 3 aromatic heterocycles. The Bertz CT molecular complexity index is 1500. The van der Waals surface area contributed by atoms with Crippen LogP contribution in [0.15, 0.2) is 46.8 Å². The lowest BCUT2D eigenvalue weighted by atomic mass is 9.99. The molecular formula is C24H23F3N6O2S. The molecule has 0 fully saturated rings. The molecule has 188 valence electrons. The molecule has 4 aromatic rings. The number of hydrogen-bond acceptors (Lipinski definition) is 6. The smallest absolute Gasteiger partial charge is 0.346 e. The summed E-state index contributed by atoms with van der Waals surface area (Å²) in [6.45, 7) is 4.75. The van der Waals surface area contributed by atoms with Crippen molar-refractivity contribution in [1.82, 2.24) is 19.9 Å². The third-order valence-corrected chi connectivity index (χ3v) is 6.32. The highest BCUT2D eigenvalue weighted by Crippen LogP contribution is 2.38. The van der Waals surface area contributed by atoms with Crippen molar-refractivity contribution in [3.05, 3.63) is 63.5 Å². The van der Waals surface area contributed by atoms with E-state index in [9.17, 15) is 22.8 Å². The molecule has 0 radical (unpaired) electrons. The van der Waals surface area contributed by atoms with Crippen molar-refractivity contribution in [2.45, 2.75) is 26.6 Å². The monoisotopic (exact) mass is 516 g/mol. The zero-order valence-electron chi connectivity index (χ0n) is 19.4. The Labute approximate surface area is 208 Å². The number of pyridine rings is 2.